The Morgan fingerprint density at radius 1 is 1.03 bits per heavy atom. The van der Waals surface area contributed by atoms with E-state index in [1.807, 2.05) is 61.4 Å². The molecule has 0 aliphatic carbocycles. The average Bonchev–Trinajstić information content (AvgIpc) is 3.03. The highest BCUT2D eigenvalue weighted by Crippen LogP contribution is 2.18. The standard InChI is InChI=1S/C23H27FN4O2/c1-15(2)28(16(3)4)22(29)14-27-20-8-6-5-7-19(20)26-21(27)13-25-23(30)17-9-11-18(24)12-10-17/h5-12,15-16H,13-14H2,1-4H3,(H,25,30). The molecule has 1 N–H and O–H groups in total. The van der Waals surface area contributed by atoms with Gasteiger partial charge in [-0.3, -0.25) is 9.59 Å². The smallest absolute Gasteiger partial charge is 0.251 e. The largest absolute Gasteiger partial charge is 0.345 e. The first kappa shape index (κ1) is 21.5. The normalized spacial score (nSPS) is 11.3. The molecular formula is C23H27FN4O2. The Hall–Kier alpha value is -3.22. The third kappa shape index (κ3) is 4.67. The van der Waals surface area contributed by atoms with Crippen LogP contribution in [0.25, 0.3) is 11.0 Å². The van der Waals surface area contributed by atoms with E-state index in [-0.39, 0.29) is 37.0 Å². The summed E-state index contributed by atoms with van der Waals surface area (Å²) in [5, 5.41) is 2.81. The first-order valence-corrected chi connectivity index (χ1v) is 10.1. The van der Waals surface area contributed by atoms with Gasteiger partial charge in [-0.2, -0.15) is 0 Å². The molecule has 7 heteroatoms. The quantitative estimate of drug-likeness (QED) is 0.645. The fraction of sp³-hybridized carbons (Fsp3) is 0.348. The van der Waals surface area contributed by atoms with E-state index in [4.69, 9.17) is 0 Å². The molecule has 0 saturated carbocycles. The SMILES string of the molecule is CC(C)N(C(=O)Cn1c(CNC(=O)c2ccc(F)cc2)nc2ccccc21)C(C)C. The highest BCUT2D eigenvalue weighted by Gasteiger charge is 2.22. The Kier molecular flexibility index (Phi) is 6.50. The van der Waals surface area contributed by atoms with Gasteiger partial charge in [0.2, 0.25) is 5.91 Å². The maximum Gasteiger partial charge on any atom is 0.251 e. The first-order valence-electron chi connectivity index (χ1n) is 10.1. The Balaban J connectivity index is 1.85. The molecule has 1 aromatic heterocycles. The molecule has 0 bridgehead atoms. The van der Waals surface area contributed by atoms with Crippen LogP contribution in [0, 0.1) is 5.82 Å². The van der Waals surface area contributed by atoms with Crippen molar-refractivity contribution in [1.29, 1.82) is 0 Å². The monoisotopic (exact) mass is 410 g/mol. The van der Waals surface area contributed by atoms with Crippen LogP contribution >= 0.6 is 0 Å². The van der Waals surface area contributed by atoms with E-state index >= 15 is 0 Å². The summed E-state index contributed by atoms with van der Waals surface area (Å²) in [6.07, 6.45) is 0. The zero-order chi connectivity index (χ0) is 21.8. The highest BCUT2D eigenvalue weighted by molar-refractivity contribution is 5.94. The summed E-state index contributed by atoms with van der Waals surface area (Å²) in [7, 11) is 0. The van der Waals surface area contributed by atoms with E-state index in [1.54, 1.807) is 0 Å². The van der Waals surface area contributed by atoms with Crippen LogP contribution < -0.4 is 5.32 Å². The maximum atomic E-state index is 13.1. The maximum absolute atomic E-state index is 13.1. The number of rotatable bonds is 7. The molecule has 158 valence electrons. The number of carbonyl (C=O) groups excluding carboxylic acids is 2. The second-order valence-corrected chi connectivity index (χ2v) is 7.78. The predicted octanol–water partition coefficient (Wildman–Crippen LogP) is 3.75. The fourth-order valence-corrected chi connectivity index (χ4v) is 3.69. The van der Waals surface area contributed by atoms with E-state index < -0.39 is 5.82 Å². The lowest BCUT2D eigenvalue weighted by molar-refractivity contribution is -0.135. The highest BCUT2D eigenvalue weighted by atomic mass is 19.1. The van der Waals surface area contributed by atoms with Crippen molar-refractivity contribution in [1.82, 2.24) is 19.8 Å². The first-order chi connectivity index (χ1) is 14.3. The number of aromatic nitrogens is 2. The summed E-state index contributed by atoms with van der Waals surface area (Å²) < 4.78 is 14.9. The van der Waals surface area contributed by atoms with Crippen LogP contribution in [-0.2, 0) is 17.9 Å². The number of benzene rings is 2. The Labute approximate surface area is 175 Å². The summed E-state index contributed by atoms with van der Waals surface area (Å²) in [5.41, 5.74) is 1.96. The molecule has 0 unspecified atom stereocenters. The zero-order valence-corrected chi connectivity index (χ0v) is 17.7. The third-order valence-corrected chi connectivity index (χ3v) is 4.94. The molecule has 3 aromatic rings. The van der Waals surface area contributed by atoms with E-state index in [2.05, 4.69) is 10.3 Å². The minimum atomic E-state index is -0.397. The van der Waals surface area contributed by atoms with Crippen LogP contribution in [0.15, 0.2) is 48.5 Å². The van der Waals surface area contributed by atoms with Gasteiger partial charge in [0.05, 0.1) is 17.6 Å². The minimum absolute atomic E-state index is 0.00531. The topological polar surface area (TPSA) is 67.2 Å². The summed E-state index contributed by atoms with van der Waals surface area (Å²) >= 11 is 0. The van der Waals surface area contributed by atoms with Crippen molar-refractivity contribution in [3.05, 3.63) is 65.7 Å². The number of amides is 2. The molecule has 1 heterocycles. The van der Waals surface area contributed by atoms with Crippen LogP contribution in [0.3, 0.4) is 0 Å². The number of nitrogens with one attached hydrogen (secondary N) is 1. The minimum Gasteiger partial charge on any atom is -0.345 e. The van der Waals surface area contributed by atoms with E-state index in [0.29, 0.717) is 11.4 Å². The summed E-state index contributed by atoms with van der Waals surface area (Å²) in [6.45, 7) is 8.27. The number of nitrogens with zero attached hydrogens (tertiary/aromatic N) is 3. The molecule has 0 spiro atoms. The van der Waals surface area contributed by atoms with Gasteiger partial charge in [0.1, 0.15) is 18.2 Å². The van der Waals surface area contributed by atoms with Crippen molar-refractivity contribution < 1.29 is 14.0 Å². The molecule has 2 amide bonds. The van der Waals surface area contributed by atoms with E-state index in [0.717, 1.165) is 11.0 Å². The third-order valence-electron chi connectivity index (χ3n) is 4.94. The van der Waals surface area contributed by atoms with Gasteiger partial charge in [-0.05, 0) is 64.1 Å². The second-order valence-electron chi connectivity index (χ2n) is 7.78. The Bertz CT molecular complexity index is 1030. The van der Waals surface area contributed by atoms with Crippen molar-refractivity contribution in [2.45, 2.75) is 52.9 Å². The van der Waals surface area contributed by atoms with Gasteiger partial charge in [0.15, 0.2) is 0 Å². The lowest BCUT2D eigenvalue weighted by Gasteiger charge is -2.31. The van der Waals surface area contributed by atoms with Crippen molar-refractivity contribution >= 4 is 22.8 Å². The summed E-state index contributed by atoms with van der Waals surface area (Å²) in [6, 6.07) is 13.1. The van der Waals surface area contributed by atoms with Gasteiger partial charge in [0.25, 0.3) is 5.91 Å². The van der Waals surface area contributed by atoms with Gasteiger partial charge >= 0.3 is 0 Å². The summed E-state index contributed by atoms with van der Waals surface area (Å²) in [4.78, 5) is 31.9. The van der Waals surface area contributed by atoms with Crippen LogP contribution in [-0.4, -0.2) is 38.3 Å². The molecule has 0 aliphatic rings. The number of para-hydroxylation sites is 2. The lowest BCUT2D eigenvalue weighted by atomic mass is 10.2. The number of hydrogen-bond acceptors (Lipinski definition) is 3. The number of halogens is 1. The van der Waals surface area contributed by atoms with Gasteiger partial charge in [-0.25, -0.2) is 9.37 Å². The van der Waals surface area contributed by atoms with Crippen LogP contribution in [0.2, 0.25) is 0 Å². The number of carbonyl (C=O) groups is 2. The predicted molar refractivity (Wildman–Crippen MR) is 114 cm³/mol. The Morgan fingerprint density at radius 2 is 1.67 bits per heavy atom. The van der Waals surface area contributed by atoms with Crippen molar-refractivity contribution in [3.8, 4) is 0 Å². The molecule has 2 aromatic carbocycles. The van der Waals surface area contributed by atoms with Gasteiger partial charge in [-0.15, -0.1) is 0 Å². The number of hydrogen-bond donors (Lipinski definition) is 1. The number of fused-ring (bicyclic) bond motifs is 1. The van der Waals surface area contributed by atoms with Gasteiger partial charge in [0, 0.05) is 17.6 Å². The van der Waals surface area contributed by atoms with Gasteiger partial charge < -0.3 is 14.8 Å². The van der Waals surface area contributed by atoms with E-state index in [1.165, 1.54) is 24.3 Å². The molecule has 3 rings (SSSR count). The zero-order valence-electron chi connectivity index (χ0n) is 17.7. The van der Waals surface area contributed by atoms with Crippen molar-refractivity contribution in [2.75, 3.05) is 0 Å². The fourth-order valence-electron chi connectivity index (χ4n) is 3.69. The summed E-state index contributed by atoms with van der Waals surface area (Å²) in [5.74, 6) is -0.139. The van der Waals surface area contributed by atoms with Crippen molar-refractivity contribution in [3.63, 3.8) is 0 Å². The molecule has 0 saturated heterocycles. The molecule has 0 atom stereocenters. The van der Waals surface area contributed by atoms with Crippen LogP contribution in [0.1, 0.15) is 43.9 Å². The molecule has 0 aliphatic heterocycles. The van der Waals surface area contributed by atoms with Gasteiger partial charge in [-0.1, -0.05) is 12.1 Å². The average molecular weight is 410 g/mol. The van der Waals surface area contributed by atoms with E-state index in [9.17, 15) is 14.0 Å². The molecule has 0 radical (unpaired) electrons. The van der Waals surface area contributed by atoms with Crippen molar-refractivity contribution in [2.24, 2.45) is 0 Å². The molecule has 0 fully saturated rings. The Morgan fingerprint density at radius 3 is 2.30 bits per heavy atom. The van der Waals surface area contributed by atoms with Crippen LogP contribution in [0.5, 0.6) is 0 Å². The molecular weight excluding hydrogens is 383 g/mol. The van der Waals surface area contributed by atoms with Crippen LogP contribution in [0.4, 0.5) is 4.39 Å². The second kappa shape index (κ2) is 9.07. The number of imidazole rings is 1. The molecule has 6 nitrogen and oxygen atoms in total. The molecule has 30 heavy (non-hydrogen) atoms. The lowest BCUT2D eigenvalue weighted by Crippen LogP contribution is -2.44.